The molecule has 1 fully saturated rings. The number of hydrogen-bond acceptors (Lipinski definition) is 3. The molecular weight excluding hydrogens is 317 g/mol. The van der Waals surface area contributed by atoms with Crippen molar-refractivity contribution in [1.29, 1.82) is 0 Å². The first kappa shape index (κ1) is 16.2. The van der Waals surface area contributed by atoms with Crippen molar-refractivity contribution in [3.05, 3.63) is 29.1 Å². The van der Waals surface area contributed by atoms with Crippen LogP contribution in [0.5, 0.6) is 0 Å². The van der Waals surface area contributed by atoms with Crippen LogP contribution in [0.2, 0.25) is 0 Å². The minimum Gasteiger partial charge on any atom is -0.349 e. The summed E-state index contributed by atoms with van der Waals surface area (Å²) in [7, 11) is 1.18. The zero-order valence-electron chi connectivity index (χ0n) is 11.8. The lowest BCUT2D eigenvalue weighted by atomic mass is 10.1. The molecular formula is C14H17ClFNO3S. The first-order valence-corrected chi connectivity index (χ1v) is 9.10. The van der Waals surface area contributed by atoms with Crippen molar-refractivity contribution in [2.24, 2.45) is 5.92 Å². The average molecular weight is 334 g/mol. The Morgan fingerprint density at radius 3 is 2.71 bits per heavy atom. The van der Waals surface area contributed by atoms with E-state index in [1.807, 2.05) is 0 Å². The molecule has 1 aliphatic rings. The Balaban J connectivity index is 2.21. The molecule has 1 N–H and O–H groups in total. The molecule has 0 heterocycles. The Bertz CT molecular complexity index is 675. The minimum atomic E-state index is -4.09. The van der Waals surface area contributed by atoms with Gasteiger partial charge in [0.1, 0.15) is 5.82 Å². The molecule has 1 aromatic rings. The molecule has 0 aromatic heterocycles. The summed E-state index contributed by atoms with van der Waals surface area (Å²) in [6.45, 7) is 3.38. The van der Waals surface area contributed by atoms with Crippen LogP contribution in [0.4, 0.5) is 4.39 Å². The van der Waals surface area contributed by atoms with Crippen LogP contribution >= 0.6 is 10.7 Å². The van der Waals surface area contributed by atoms with E-state index in [1.54, 1.807) is 0 Å². The zero-order chi connectivity index (χ0) is 15.8. The molecule has 2 rings (SSSR count). The van der Waals surface area contributed by atoms with Crippen LogP contribution in [0.15, 0.2) is 17.0 Å². The Labute approximate surface area is 128 Å². The van der Waals surface area contributed by atoms with Gasteiger partial charge in [-0.2, -0.15) is 0 Å². The van der Waals surface area contributed by atoms with Gasteiger partial charge in [0, 0.05) is 27.9 Å². The highest BCUT2D eigenvalue weighted by molar-refractivity contribution is 8.13. The fourth-order valence-electron chi connectivity index (χ4n) is 2.40. The Morgan fingerprint density at radius 2 is 2.14 bits per heavy atom. The fraction of sp³-hybridized carbons (Fsp3) is 0.500. The van der Waals surface area contributed by atoms with E-state index >= 15 is 0 Å². The molecule has 116 valence electrons. The van der Waals surface area contributed by atoms with E-state index in [1.165, 1.54) is 6.92 Å². The first-order valence-electron chi connectivity index (χ1n) is 6.79. The van der Waals surface area contributed by atoms with Gasteiger partial charge in [0.15, 0.2) is 0 Å². The molecule has 2 unspecified atom stereocenters. The van der Waals surface area contributed by atoms with Crippen LogP contribution in [-0.4, -0.2) is 20.4 Å². The molecule has 2 atom stereocenters. The van der Waals surface area contributed by atoms with Gasteiger partial charge >= 0.3 is 0 Å². The van der Waals surface area contributed by atoms with Crippen LogP contribution in [0.1, 0.15) is 42.1 Å². The second-order valence-electron chi connectivity index (χ2n) is 5.38. The van der Waals surface area contributed by atoms with Crippen LogP contribution in [0.25, 0.3) is 0 Å². The van der Waals surface area contributed by atoms with Gasteiger partial charge < -0.3 is 5.32 Å². The van der Waals surface area contributed by atoms with Gasteiger partial charge in [-0.25, -0.2) is 12.8 Å². The van der Waals surface area contributed by atoms with E-state index in [0.717, 1.165) is 31.4 Å². The van der Waals surface area contributed by atoms with Gasteiger partial charge in [-0.1, -0.05) is 13.3 Å². The molecule has 0 saturated heterocycles. The third-order valence-corrected chi connectivity index (χ3v) is 5.17. The topological polar surface area (TPSA) is 63.2 Å². The SMILES string of the molecule is CCCC1CC1NC(=O)c1cc(F)c(C)c(S(=O)(=O)Cl)c1. The molecule has 1 amide bonds. The number of carbonyl (C=O) groups excluding carboxylic acids is 1. The van der Waals surface area contributed by atoms with E-state index in [2.05, 4.69) is 12.2 Å². The van der Waals surface area contributed by atoms with Gasteiger partial charge in [-0.3, -0.25) is 4.79 Å². The molecule has 21 heavy (non-hydrogen) atoms. The van der Waals surface area contributed by atoms with Crippen molar-refractivity contribution < 1.29 is 17.6 Å². The zero-order valence-corrected chi connectivity index (χ0v) is 13.4. The summed E-state index contributed by atoms with van der Waals surface area (Å²) in [5.74, 6) is -0.771. The van der Waals surface area contributed by atoms with Gasteiger partial charge in [0.25, 0.3) is 15.0 Å². The summed E-state index contributed by atoms with van der Waals surface area (Å²) in [6.07, 6.45) is 2.99. The summed E-state index contributed by atoms with van der Waals surface area (Å²) >= 11 is 0. The Hall–Kier alpha value is -1.14. The lowest BCUT2D eigenvalue weighted by Crippen LogP contribution is -2.27. The fourth-order valence-corrected chi connectivity index (χ4v) is 3.62. The summed E-state index contributed by atoms with van der Waals surface area (Å²) in [5, 5.41) is 2.79. The molecule has 1 aliphatic carbocycles. The molecule has 0 aliphatic heterocycles. The predicted molar refractivity (Wildman–Crippen MR) is 78.4 cm³/mol. The van der Waals surface area contributed by atoms with Gasteiger partial charge in [0.05, 0.1) is 4.90 Å². The smallest absolute Gasteiger partial charge is 0.261 e. The van der Waals surface area contributed by atoms with Gasteiger partial charge in [-0.05, 0) is 37.8 Å². The maximum atomic E-state index is 13.8. The largest absolute Gasteiger partial charge is 0.349 e. The molecule has 0 bridgehead atoms. The average Bonchev–Trinajstić information content (AvgIpc) is 3.09. The standard InChI is InChI=1S/C14H17ClFNO3S/c1-3-4-9-6-12(9)17-14(18)10-5-11(16)8(2)13(7-10)21(15,19)20/h5,7,9,12H,3-4,6H2,1-2H3,(H,17,18). The molecule has 1 aromatic carbocycles. The number of nitrogens with one attached hydrogen (secondary N) is 1. The highest BCUT2D eigenvalue weighted by Gasteiger charge is 2.37. The minimum absolute atomic E-state index is 0.0283. The highest BCUT2D eigenvalue weighted by Crippen LogP contribution is 2.35. The van der Waals surface area contributed by atoms with Crippen molar-refractivity contribution in [2.45, 2.75) is 44.0 Å². The second kappa shape index (κ2) is 5.93. The molecule has 7 heteroatoms. The Morgan fingerprint density at radius 1 is 1.48 bits per heavy atom. The lowest BCUT2D eigenvalue weighted by Gasteiger charge is -2.09. The molecule has 4 nitrogen and oxygen atoms in total. The van der Waals surface area contributed by atoms with Crippen molar-refractivity contribution >= 4 is 25.6 Å². The lowest BCUT2D eigenvalue weighted by molar-refractivity contribution is 0.0948. The molecule has 0 radical (unpaired) electrons. The second-order valence-corrected chi connectivity index (χ2v) is 7.92. The summed E-state index contributed by atoms with van der Waals surface area (Å²) in [6, 6.07) is 2.25. The summed E-state index contributed by atoms with van der Waals surface area (Å²) < 4.78 is 36.6. The predicted octanol–water partition coefficient (Wildman–Crippen LogP) is 2.98. The normalized spacial score (nSPS) is 21.1. The van der Waals surface area contributed by atoms with Gasteiger partial charge in [-0.15, -0.1) is 0 Å². The number of benzene rings is 1. The van der Waals surface area contributed by atoms with Crippen LogP contribution < -0.4 is 5.32 Å². The third kappa shape index (κ3) is 3.74. The number of amides is 1. The van der Waals surface area contributed by atoms with E-state index in [4.69, 9.17) is 10.7 Å². The third-order valence-electron chi connectivity index (χ3n) is 3.72. The number of halogens is 2. The highest BCUT2D eigenvalue weighted by atomic mass is 35.7. The quantitative estimate of drug-likeness (QED) is 0.842. The van der Waals surface area contributed by atoms with E-state index in [-0.39, 0.29) is 22.1 Å². The van der Waals surface area contributed by atoms with Crippen molar-refractivity contribution in [1.82, 2.24) is 5.32 Å². The van der Waals surface area contributed by atoms with Gasteiger partial charge in [0.2, 0.25) is 0 Å². The molecule has 0 spiro atoms. The van der Waals surface area contributed by atoms with Crippen molar-refractivity contribution in [3.63, 3.8) is 0 Å². The van der Waals surface area contributed by atoms with E-state index in [0.29, 0.717) is 5.92 Å². The van der Waals surface area contributed by atoms with E-state index in [9.17, 15) is 17.6 Å². The van der Waals surface area contributed by atoms with Crippen molar-refractivity contribution in [3.8, 4) is 0 Å². The number of rotatable bonds is 5. The van der Waals surface area contributed by atoms with Crippen LogP contribution in [0, 0.1) is 18.7 Å². The Kier molecular flexibility index (Phi) is 4.58. The maximum Gasteiger partial charge on any atom is 0.261 e. The number of hydrogen-bond donors (Lipinski definition) is 1. The summed E-state index contributed by atoms with van der Waals surface area (Å²) in [4.78, 5) is 11.7. The summed E-state index contributed by atoms with van der Waals surface area (Å²) in [5.41, 5.74) is -0.115. The van der Waals surface area contributed by atoms with Crippen molar-refractivity contribution in [2.75, 3.05) is 0 Å². The van der Waals surface area contributed by atoms with Crippen LogP contribution in [-0.2, 0) is 9.05 Å². The maximum absolute atomic E-state index is 13.8. The van der Waals surface area contributed by atoms with Crippen LogP contribution in [0.3, 0.4) is 0 Å². The van der Waals surface area contributed by atoms with E-state index < -0.39 is 20.8 Å². The monoisotopic (exact) mass is 333 g/mol. The molecule has 1 saturated carbocycles. The first-order chi connectivity index (χ1) is 9.74. The number of carbonyl (C=O) groups is 1.